The lowest BCUT2D eigenvalue weighted by Gasteiger charge is -2.25. The van der Waals surface area contributed by atoms with E-state index in [4.69, 9.17) is 9.84 Å². The molecule has 1 unspecified atom stereocenters. The molecule has 0 aromatic heterocycles. The summed E-state index contributed by atoms with van der Waals surface area (Å²) in [6.07, 6.45) is 4.42. The number of carbonyl (C=O) groups is 3. The molecule has 0 bridgehead atoms. The number of rotatable bonds is 7. The van der Waals surface area contributed by atoms with Crippen LogP contribution in [0.25, 0.3) is 0 Å². The smallest absolute Gasteiger partial charge is 0.306 e. The van der Waals surface area contributed by atoms with E-state index in [2.05, 4.69) is 10.6 Å². The molecule has 2 amide bonds. The molecule has 28 heavy (non-hydrogen) atoms. The number of carboxylic acid groups (broad SMARTS) is 1. The molecule has 2 fully saturated rings. The van der Waals surface area contributed by atoms with E-state index in [1.54, 1.807) is 18.2 Å². The second-order valence-electron chi connectivity index (χ2n) is 7.65. The second-order valence-corrected chi connectivity index (χ2v) is 7.65. The van der Waals surface area contributed by atoms with E-state index in [9.17, 15) is 14.4 Å². The Labute approximate surface area is 164 Å². The number of aliphatic carboxylic acids is 1. The molecule has 0 radical (unpaired) electrons. The topological polar surface area (TPSA) is 105 Å². The van der Waals surface area contributed by atoms with Gasteiger partial charge in [0.1, 0.15) is 0 Å². The second kappa shape index (κ2) is 9.68. The number of hydrogen-bond donors (Lipinski definition) is 3. The predicted octanol–water partition coefficient (Wildman–Crippen LogP) is 2.10. The third-order valence-corrected chi connectivity index (χ3v) is 5.62. The van der Waals surface area contributed by atoms with Gasteiger partial charge in [-0.3, -0.25) is 14.4 Å². The van der Waals surface area contributed by atoms with Gasteiger partial charge < -0.3 is 20.5 Å². The molecule has 1 heterocycles. The van der Waals surface area contributed by atoms with Crippen molar-refractivity contribution < 1.29 is 24.2 Å². The standard InChI is InChI=1S/C21H28N2O5/c24-19(15-6-8-16(9-7-15)21(26)27)22-12-14-3-1-4-17(11-14)20(25)23-13-18-5-2-10-28-18/h1,3-4,11,15-16,18H,2,5-10,12-13H2,(H,22,24)(H,23,25)(H,26,27). The van der Waals surface area contributed by atoms with Gasteiger partial charge >= 0.3 is 5.97 Å². The van der Waals surface area contributed by atoms with Gasteiger partial charge in [-0.15, -0.1) is 0 Å². The van der Waals surface area contributed by atoms with Crippen molar-refractivity contribution in [2.75, 3.05) is 13.2 Å². The molecule has 1 aromatic rings. The van der Waals surface area contributed by atoms with Crippen LogP contribution >= 0.6 is 0 Å². The van der Waals surface area contributed by atoms with Crippen LogP contribution in [0.4, 0.5) is 0 Å². The van der Waals surface area contributed by atoms with E-state index in [-0.39, 0.29) is 29.8 Å². The Hall–Kier alpha value is -2.41. The Morgan fingerprint density at radius 3 is 2.46 bits per heavy atom. The van der Waals surface area contributed by atoms with Crippen LogP contribution in [0, 0.1) is 11.8 Å². The maximum Gasteiger partial charge on any atom is 0.306 e. The predicted molar refractivity (Wildman–Crippen MR) is 103 cm³/mol. The summed E-state index contributed by atoms with van der Waals surface area (Å²) >= 11 is 0. The molecule has 7 nitrogen and oxygen atoms in total. The van der Waals surface area contributed by atoms with E-state index < -0.39 is 5.97 Å². The zero-order valence-corrected chi connectivity index (χ0v) is 16.0. The molecule has 1 saturated heterocycles. The quantitative estimate of drug-likeness (QED) is 0.663. The molecule has 152 valence electrons. The van der Waals surface area contributed by atoms with Crippen molar-refractivity contribution in [2.24, 2.45) is 11.8 Å². The Morgan fingerprint density at radius 1 is 1.04 bits per heavy atom. The van der Waals surface area contributed by atoms with E-state index in [0.717, 1.165) is 25.0 Å². The van der Waals surface area contributed by atoms with Crippen LogP contribution in [-0.4, -0.2) is 42.1 Å². The number of carboxylic acids is 1. The van der Waals surface area contributed by atoms with E-state index in [1.807, 2.05) is 6.07 Å². The molecule has 7 heteroatoms. The summed E-state index contributed by atoms with van der Waals surface area (Å²) in [4.78, 5) is 35.7. The third kappa shape index (κ3) is 5.55. The van der Waals surface area contributed by atoms with Crippen molar-refractivity contribution in [1.82, 2.24) is 10.6 Å². The van der Waals surface area contributed by atoms with Crippen LogP contribution in [0.15, 0.2) is 24.3 Å². The summed E-state index contributed by atoms with van der Waals surface area (Å²) in [6.45, 7) is 1.62. The van der Waals surface area contributed by atoms with Gasteiger partial charge in [0.05, 0.1) is 12.0 Å². The van der Waals surface area contributed by atoms with E-state index in [0.29, 0.717) is 44.3 Å². The maximum absolute atomic E-state index is 12.4. The summed E-state index contributed by atoms with van der Waals surface area (Å²) in [6, 6.07) is 7.22. The minimum Gasteiger partial charge on any atom is -0.481 e. The molecule has 0 spiro atoms. The summed E-state index contributed by atoms with van der Waals surface area (Å²) in [5.41, 5.74) is 1.42. The normalized spacial score (nSPS) is 24.5. The fourth-order valence-electron chi connectivity index (χ4n) is 3.87. The fourth-order valence-corrected chi connectivity index (χ4v) is 3.87. The van der Waals surface area contributed by atoms with Crippen molar-refractivity contribution in [2.45, 2.75) is 51.2 Å². The lowest BCUT2D eigenvalue weighted by atomic mass is 9.81. The monoisotopic (exact) mass is 388 g/mol. The molecule has 1 aliphatic carbocycles. The SMILES string of the molecule is O=C(NCC1CCCO1)c1cccc(CNC(=O)C2CCC(C(=O)O)CC2)c1. The molecule has 1 aliphatic heterocycles. The van der Waals surface area contributed by atoms with Crippen LogP contribution in [-0.2, 0) is 20.9 Å². The number of carbonyl (C=O) groups excluding carboxylic acids is 2. The Balaban J connectivity index is 1.45. The van der Waals surface area contributed by atoms with Crippen LogP contribution < -0.4 is 10.6 Å². The highest BCUT2D eigenvalue weighted by atomic mass is 16.5. The molecular weight excluding hydrogens is 360 g/mol. The van der Waals surface area contributed by atoms with Gasteiger partial charge in [0, 0.05) is 31.2 Å². The van der Waals surface area contributed by atoms with E-state index >= 15 is 0 Å². The zero-order valence-electron chi connectivity index (χ0n) is 16.0. The average Bonchev–Trinajstić information content (AvgIpc) is 3.24. The first kappa shape index (κ1) is 20.3. The van der Waals surface area contributed by atoms with Gasteiger partial charge in [0.15, 0.2) is 0 Å². The van der Waals surface area contributed by atoms with Crippen molar-refractivity contribution in [3.8, 4) is 0 Å². The highest BCUT2D eigenvalue weighted by Crippen LogP contribution is 2.29. The largest absolute Gasteiger partial charge is 0.481 e. The Bertz CT molecular complexity index is 707. The molecule has 1 saturated carbocycles. The lowest BCUT2D eigenvalue weighted by Crippen LogP contribution is -2.34. The summed E-state index contributed by atoms with van der Waals surface area (Å²) < 4.78 is 5.51. The number of ether oxygens (including phenoxy) is 1. The van der Waals surface area contributed by atoms with Gasteiger partial charge in [-0.2, -0.15) is 0 Å². The van der Waals surface area contributed by atoms with Crippen LogP contribution in [0.2, 0.25) is 0 Å². The average molecular weight is 388 g/mol. The molecular formula is C21H28N2O5. The Morgan fingerprint density at radius 2 is 1.79 bits per heavy atom. The first-order valence-corrected chi connectivity index (χ1v) is 10.0. The van der Waals surface area contributed by atoms with Crippen LogP contribution in [0.5, 0.6) is 0 Å². The third-order valence-electron chi connectivity index (χ3n) is 5.62. The van der Waals surface area contributed by atoms with Gasteiger partial charge in [-0.25, -0.2) is 0 Å². The fraction of sp³-hybridized carbons (Fsp3) is 0.571. The minimum atomic E-state index is -0.770. The number of hydrogen-bond acceptors (Lipinski definition) is 4. The van der Waals surface area contributed by atoms with Crippen molar-refractivity contribution >= 4 is 17.8 Å². The van der Waals surface area contributed by atoms with Crippen LogP contribution in [0.1, 0.15) is 54.4 Å². The Kier molecular flexibility index (Phi) is 7.03. The van der Waals surface area contributed by atoms with Crippen molar-refractivity contribution in [3.63, 3.8) is 0 Å². The van der Waals surface area contributed by atoms with Crippen molar-refractivity contribution in [1.29, 1.82) is 0 Å². The highest BCUT2D eigenvalue weighted by Gasteiger charge is 2.29. The first-order valence-electron chi connectivity index (χ1n) is 10.0. The van der Waals surface area contributed by atoms with E-state index in [1.165, 1.54) is 0 Å². The number of benzene rings is 1. The maximum atomic E-state index is 12.4. The van der Waals surface area contributed by atoms with Gasteiger partial charge in [0.2, 0.25) is 5.91 Å². The summed E-state index contributed by atoms with van der Waals surface area (Å²) in [5.74, 6) is -1.41. The van der Waals surface area contributed by atoms with Crippen molar-refractivity contribution in [3.05, 3.63) is 35.4 Å². The number of amides is 2. The summed E-state index contributed by atoms with van der Waals surface area (Å²) in [7, 11) is 0. The summed E-state index contributed by atoms with van der Waals surface area (Å²) in [5, 5.41) is 14.9. The lowest BCUT2D eigenvalue weighted by molar-refractivity contribution is -0.144. The molecule has 3 N–H and O–H groups in total. The minimum absolute atomic E-state index is 0.0444. The first-order chi connectivity index (χ1) is 13.5. The molecule has 1 aromatic carbocycles. The van der Waals surface area contributed by atoms with Gasteiger partial charge in [0.25, 0.3) is 5.91 Å². The highest BCUT2D eigenvalue weighted by molar-refractivity contribution is 5.94. The molecule has 1 atom stereocenters. The van der Waals surface area contributed by atoms with Crippen LogP contribution in [0.3, 0.4) is 0 Å². The molecule has 3 rings (SSSR count). The van der Waals surface area contributed by atoms with Gasteiger partial charge in [-0.1, -0.05) is 12.1 Å². The zero-order chi connectivity index (χ0) is 19.9. The molecule has 2 aliphatic rings. The number of nitrogens with one attached hydrogen (secondary N) is 2. The van der Waals surface area contributed by atoms with Gasteiger partial charge in [-0.05, 0) is 56.2 Å².